The van der Waals surface area contributed by atoms with Gasteiger partial charge in [-0.3, -0.25) is 14.4 Å². The Morgan fingerprint density at radius 2 is 1.93 bits per heavy atom. The Morgan fingerprint density at radius 3 is 2.70 bits per heavy atom. The van der Waals surface area contributed by atoms with Crippen LogP contribution in [0.15, 0.2) is 47.3 Å². The number of carbonyl (C=O) groups is 2. The molecule has 0 aliphatic rings. The number of anilines is 1. The Kier molecular flexibility index (Phi) is 5.46. The van der Waals surface area contributed by atoms with E-state index in [1.807, 2.05) is 0 Å². The van der Waals surface area contributed by atoms with Crippen molar-refractivity contribution in [3.8, 4) is 0 Å². The molecule has 0 bridgehead atoms. The molecule has 0 saturated carbocycles. The Morgan fingerprint density at radius 1 is 1.19 bits per heavy atom. The van der Waals surface area contributed by atoms with Gasteiger partial charge in [0.05, 0.1) is 23.2 Å². The van der Waals surface area contributed by atoms with Crippen LogP contribution in [0.2, 0.25) is 5.02 Å². The van der Waals surface area contributed by atoms with Crippen LogP contribution in [-0.2, 0) is 20.7 Å². The smallest absolute Gasteiger partial charge is 0.312 e. The second-order valence-electron chi connectivity index (χ2n) is 5.55. The minimum absolute atomic E-state index is 0.114. The van der Waals surface area contributed by atoms with Gasteiger partial charge in [-0.05, 0) is 24.3 Å². The summed E-state index contributed by atoms with van der Waals surface area (Å²) >= 11 is 5.74. The number of hydrogen-bond donors (Lipinski definition) is 2. The summed E-state index contributed by atoms with van der Waals surface area (Å²) in [7, 11) is 0. The third-order valence-corrected chi connectivity index (χ3v) is 3.89. The van der Waals surface area contributed by atoms with E-state index in [-0.39, 0.29) is 22.7 Å². The molecule has 0 atom stereocenters. The van der Waals surface area contributed by atoms with Gasteiger partial charge >= 0.3 is 5.97 Å². The molecule has 7 nitrogen and oxygen atoms in total. The van der Waals surface area contributed by atoms with Gasteiger partial charge < -0.3 is 10.1 Å². The molecule has 2 N–H and O–H groups in total. The molecule has 27 heavy (non-hydrogen) atoms. The zero-order chi connectivity index (χ0) is 19.4. The molecule has 138 valence electrons. The minimum atomic E-state index is -0.721. The monoisotopic (exact) mass is 389 g/mol. The number of ether oxygens (including phenoxy) is 1. The highest BCUT2D eigenvalue weighted by Crippen LogP contribution is 2.19. The van der Waals surface area contributed by atoms with Crippen LogP contribution in [0, 0.1) is 5.82 Å². The molecule has 2 aromatic carbocycles. The van der Waals surface area contributed by atoms with Crippen LogP contribution in [0.1, 0.15) is 5.69 Å². The van der Waals surface area contributed by atoms with E-state index in [1.54, 1.807) is 24.3 Å². The topological polar surface area (TPSA) is 101 Å². The fourth-order valence-electron chi connectivity index (χ4n) is 2.42. The molecule has 0 radical (unpaired) electrons. The fraction of sp³-hybridized carbons (Fsp3) is 0.111. The zero-order valence-corrected chi connectivity index (χ0v) is 14.5. The van der Waals surface area contributed by atoms with Gasteiger partial charge in [0.25, 0.3) is 11.5 Å². The SMILES string of the molecule is O=C(COC(=O)Cc1n[nH]c(=O)c2ccccc12)Nc1cc(Cl)ccc1F. The van der Waals surface area contributed by atoms with Crippen molar-refractivity contribution in [2.24, 2.45) is 0 Å². The number of nitrogens with one attached hydrogen (secondary N) is 2. The molecule has 0 aliphatic carbocycles. The number of hydrogen-bond acceptors (Lipinski definition) is 5. The number of fused-ring (bicyclic) bond motifs is 1. The number of rotatable bonds is 5. The molecule has 0 saturated heterocycles. The first-order chi connectivity index (χ1) is 12.9. The number of benzene rings is 2. The normalized spacial score (nSPS) is 10.6. The van der Waals surface area contributed by atoms with Gasteiger partial charge in [-0.25, -0.2) is 9.49 Å². The van der Waals surface area contributed by atoms with Crippen molar-refractivity contribution in [3.63, 3.8) is 0 Å². The van der Waals surface area contributed by atoms with Crippen molar-refractivity contribution >= 4 is 39.9 Å². The van der Waals surface area contributed by atoms with Gasteiger partial charge in [-0.15, -0.1) is 0 Å². The quantitative estimate of drug-likeness (QED) is 0.653. The number of aromatic nitrogens is 2. The van der Waals surface area contributed by atoms with Crippen molar-refractivity contribution < 1.29 is 18.7 Å². The highest BCUT2D eigenvalue weighted by atomic mass is 35.5. The molecular formula is C18H13ClFN3O4. The highest BCUT2D eigenvalue weighted by Gasteiger charge is 2.14. The predicted molar refractivity (Wildman–Crippen MR) is 97.1 cm³/mol. The van der Waals surface area contributed by atoms with E-state index >= 15 is 0 Å². The average Bonchev–Trinajstić information content (AvgIpc) is 2.65. The van der Waals surface area contributed by atoms with E-state index in [4.69, 9.17) is 16.3 Å². The molecule has 0 aliphatic heterocycles. The average molecular weight is 390 g/mol. The second kappa shape index (κ2) is 7.96. The number of carbonyl (C=O) groups excluding carboxylic acids is 2. The maximum Gasteiger partial charge on any atom is 0.312 e. The maximum absolute atomic E-state index is 13.6. The van der Waals surface area contributed by atoms with Gasteiger partial charge in [0.15, 0.2) is 6.61 Å². The zero-order valence-electron chi connectivity index (χ0n) is 13.8. The molecular weight excluding hydrogens is 377 g/mol. The van der Waals surface area contributed by atoms with Gasteiger partial charge in [-0.2, -0.15) is 5.10 Å². The molecule has 0 spiro atoms. The molecule has 1 heterocycles. The lowest BCUT2D eigenvalue weighted by Crippen LogP contribution is -2.23. The number of amides is 1. The number of halogens is 2. The lowest BCUT2D eigenvalue weighted by atomic mass is 10.1. The summed E-state index contributed by atoms with van der Waals surface area (Å²) in [6, 6.07) is 10.4. The summed E-state index contributed by atoms with van der Waals surface area (Å²) in [5.74, 6) is -2.10. The molecule has 1 aromatic heterocycles. The van der Waals surface area contributed by atoms with Crippen LogP contribution in [0.3, 0.4) is 0 Å². The Bertz CT molecular complexity index is 1080. The number of aromatic amines is 1. The first-order valence-corrected chi connectivity index (χ1v) is 8.18. The van der Waals surface area contributed by atoms with Crippen molar-refractivity contribution in [1.82, 2.24) is 10.2 Å². The molecule has 0 fully saturated rings. The first kappa shape index (κ1) is 18.5. The number of nitrogens with zero attached hydrogens (tertiary/aromatic N) is 1. The van der Waals surface area contributed by atoms with Crippen molar-refractivity contribution in [2.45, 2.75) is 6.42 Å². The Hall–Kier alpha value is -3.26. The van der Waals surface area contributed by atoms with Crippen molar-refractivity contribution in [1.29, 1.82) is 0 Å². The second-order valence-corrected chi connectivity index (χ2v) is 5.99. The summed E-state index contributed by atoms with van der Waals surface area (Å²) in [5, 5.41) is 9.60. The van der Waals surface area contributed by atoms with E-state index < -0.39 is 24.3 Å². The molecule has 3 aromatic rings. The van der Waals surface area contributed by atoms with Crippen LogP contribution in [0.4, 0.5) is 10.1 Å². The summed E-state index contributed by atoms with van der Waals surface area (Å²) in [6.07, 6.45) is -0.240. The summed E-state index contributed by atoms with van der Waals surface area (Å²) in [4.78, 5) is 35.5. The van der Waals surface area contributed by atoms with Crippen LogP contribution in [-0.4, -0.2) is 28.7 Å². The third-order valence-electron chi connectivity index (χ3n) is 3.65. The number of H-pyrrole nitrogens is 1. The van der Waals surface area contributed by atoms with Gasteiger partial charge in [-0.1, -0.05) is 29.8 Å². The summed E-state index contributed by atoms with van der Waals surface area (Å²) in [5.41, 5.74) is -0.168. The number of esters is 1. The lowest BCUT2D eigenvalue weighted by molar-refractivity contribution is -0.146. The van der Waals surface area contributed by atoms with Crippen LogP contribution in [0.5, 0.6) is 0 Å². The van der Waals surface area contributed by atoms with E-state index in [0.29, 0.717) is 16.5 Å². The van der Waals surface area contributed by atoms with E-state index in [0.717, 1.165) is 6.07 Å². The third kappa shape index (κ3) is 4.48. The largest absolute Gasteiger partial charge is 0.455 e. The summed E-state index contributed by atoms with van der Waals surface area (Å²) in [6.45, 7) is -0.605. The van der Waals surface area contributed by atoms with Crippen LogP contribution >= 0.6 is 11.6 Å². The molecule has 0 unspecified atom stereocenters. The van der Waals surface area contributed by atoms with Crippen LogP contribution < -0.4 is 10.9 Å². The van der Waals surface area contributed by atoms with Crippen molar-refractivity contribution in [3.05, 3.63) is 69.4 Å². The fourth-order valence-corrected chi connectivity index (χ4v) is 2.59. The standard InChI is InChI=1S/C18H13ClFN3O4/c19-10-5-6-13(20)15(7-10)21-16(24)9-27-17(25)8-14-11-3-1-2-4-12(11)18(26)23-22-14/h1-7H,8-9H2,(H,21,24)(H,23,26). The predicted octanol–water partition coefficient (Wildman–Crippen LogP) is 2.44. The van der Waals surface area contributed by atoms with Gasteiger partial charge in [0, 0.05) is 10.4 Å². The van der Waals surface area contributed by atoms with Gasteiger partial charge in [0.1, 0.15) is 5.82 Å². The van der Waals surface area contributed by atoms with E-state index in [9.17, 15) is 18.8 Å². The van der Waals surface area contributed by atoms with Gasteiger partial charge in [0.2, 0.25) is 0 Å². The summed E-state index contributed by atoms with van der Waals surface area (Å²) < 4.78 is 18.5. The van der Waals surface area contributed by atoms with Crippen LogP contribution in [0.25, 0.3) is 10.8 Å². The molecule has 9 heteroatoms. The van der Waals surface area contributed by atoms with E-state index in [1.165, 1.54) is 12.1 Å². The highest BCUT2D eigenvalue weighted by molar-refractivity contribution is 6.30. The van der Waals surface area contributed by atoms with E-state index in [2.05, 4.69) is 15.5 Å². The van der Waals surface area contributed by atoms with Crippen molar-refractivity contribution in [2.75, 3.05) is 11.9 Å². The Labute approximate surface area is 157 Å². The molecule has 1 amide bonds. The lowest BCUT2D eigenvalue weighted by Gasteiger charge is -2.08. The minimum Gasteiger partial charge on any atom is -0.455 e. The first-order valence-electron chi connectivity index (χ1n) is 7.81. The Balaban J connectivity index is 1.62. The maximum atomic E-state index is 13.6. The molecule has 3 rings (SSSR count).